The lowest BCUT2D eigenvalue weighted by Gasteiger charge is -2.61. The standard InChI is InChI=1S/C15H21NO2/c1-10(2)16-13(17)15(18,14(16,4)5)12-8-6-7-11(3)9-12/h6-10,18H,1-5H3/t15-/m1/s1. The highest BCUT2D eigenvalue weighted by molar-refractivity contribution is 5.95. The fourth-order valence-corrected chi connectivity index (χ4v) is 3.04. The molecule has 0 unspecified atom stereocenters. The van der Waals surface area contributed by atoms with Crippen LogP contribution in [-0.2, 0) is 10.4 Å². The molecule has 0 saturated carbocycles. The lowest BCUT2D eigenvalue weighted by Crippen LogP contribution is -2.79. The maximum absolute atomic E-state index is 12.3. The molecule has 1 N–H and O–H groups in total. The largest absolute Gasteiger partial charge is 0.374 e. The Morgan fingerprint density at radius 3 is 2.33 bits per heavy atom. The van der Waals surface area contributed by atoms with E-state index in [-0.39, 0.29) is 11.9 Å². The van der Waals surface area contributed by atoms with Crippen molar-refractivity contribution in [2.75, 3.05) is 0 Å². The van der Waals surface area contributed by atoms with E-state index in [0.29, 0.717) is 5.56 Å². The van der Waals surface area contributed by atoms with Gasteiger partial charge in [-0.2, -0.15) is 0 Å². The van der Waals surface area contributed by atoms with Crippen LogP contribution in [0.25, 0.3) is 0 Å². The molecular formula is C15H21NO2. The van der Waals surface area contributed by atoms with E-state index in [2.05, 4.69) is 0 Å². The van der Waals surface area contributed by atoms with Crippen LogP contribution in [0.5, 0.6) is 0 Å². The van der Waals surface area contributed by atoms with Crippen LogP contribution in [0, 0.1) is 6.92 Å². The van der Waals surface area contributed by atoms with E-state index in [0.717, 1.165) is 5.56 Å². The van der Waals surface area contributed by atoms with Crippen molar-refractivity contribution >= 4 is 5.91 Å². The van der Waals surface area contributed by atoms with E-state index in [9.17, 15) is 9.90 Å². The number of aryl methyl sites for hydroxylation is 1. The van der Waals surface area contributed by atoms with Gasteiger partial charge in [-0.05, 0) is 40.2 Å². The number of β-lactam (4-membered cyclic amide) rings is 1. The molecule has 1 amide bonds. The summed E-state index contributed by atoms with van der Waals surface area (Å²) in [5, 5.41) is 10.8. The monoisotopic (exact) mass is 247 g/mol. The van der Waals surface area contributed by atoms with Gasteiger partial charge in [0, 0.05) is 6.04 Å². The van der Waals surface area contributed by atoms with E-state index in [4.69, 9.17) is 0 Å². The molecule has 1 atom stereocenters. The van der Waals surface area contributed by atoms with Crippen molar-refractivity contribution in [2.45, 2.75) is 51.8 Å². The number of rotatable bonds is 2. The van der Waals surface area contributed by atoms with E-state index < -0.39 is 11.1 Å². The number of carbonyl (C=O) groups is 1. The Morgan fingerprint density at radius 1 is 1.28 bits per heavy atom. The molecule has 0 aromatic heterocycles. The van der Waals surface area contributed by atoms with E-state index in [1.54, 1.807) is 4.90 Å². The van der Waals surface area contributed by atoms with Crippen molar-refractivity contribution in [3.8, 4) is 0 Å². The number of amides is 1. The smallest absolute Gasteiger partial charge is 0.262 e. The predicted octanol–water partition coefficient (Wildman–Crippen LogP) is 2.21. The minimum absolute atomic E-state index is 0.0950. The number of hydrogen-bond acceptors (Lipinski definition) is 2. The molecule has 1 heterocycles. The second-order valence-electron chi connectivity index (χ2n) is 5.91. The molecule has 1 fully saturated rings. The van der Waals surface area contributed by atoms with Crippen LogP contribution in [0.3, 0.4) is 0 Å². The Kier molecular flexibility index (Phi) is 2.78. The highest BCUT2D eigenvalue weighted by Crippen LogP contribution is 2.49. The van der Waals surface area contributed by atoms with E-state index in [1.807, 2.05) is 58.9 Å². The van der Waals surface area contributed by atoms with Crippen molar-refractivity contribution in [3.05, 3.63) is 35.4 Å². The first-order valence-electron chi connectivity index (χ1n) is 6.36. The zero-order valence-corrected chi connectivity index (χ0v) is 11.7. The summed E-state index contributed by atoms with van der Waals surface area (Å²) in [6.45, 7) is 9.72. The number of benzene rings is 1. The summed E-state index contributed by atoms with van der Waals surface area (Å²) in [5.74, 6) is -0.201. The van der Waals surface area contributed by atoms with Crippen molar-refractivity contribution in [3.63, 3.8) is 0 Å². The molecule has 3 heteroatoms. The van der Waals surface area contributed by atoms with Crippen molar-refractivity contribution in [1.82, 2.24) is 4.90 Å². The zero-order valence-electron chi connectivity index (χ0n) is 11.7. The third-order valence-electron chi connectivity index (χ3n) is 3.97. The van der Waals surface area contributed by atoms with Crippen LogP contribution in [0.4, 0.5) is 0 Å². The second-order valence-corrected chi connectivity index (χ2v) is 5.91. The number of carbonyl (C=O) groups excluding carboxylic acids is 1. The molecule has 0 radical (unpaired) electrons. The van der Waals surface area contributed by atoms with Gasteiger partial charge in [-0.1, -0.05) is 29.8 Å². The SMILES string of the molecule is Cc1cccc([C@@]2(O)C(=O)N(C(C)C)C2(C)C)c1. The minimum Gasteiger partial charge on any atom is -0.374 e. The molecule has 18 heavy (non-hydrogen) atoms. The van der Waals surface area contributed by atoms with Crippen LogP contribution >= 0.6 is 0 Å². The lowest BCUT2D eigenvalue weighted by molar-refractivity contribution is -0.221. The molecular weight excluding hydrogens is 226 g/mol. The first kappa shape index (κ1) is 13.1. The molecule has 0 spiro atoms. The molecule has 0 aliphatic carbocycles. The normalized spacial score (nSPS) is 26.4. The van der Waals surface area contributed by atoms with Crippen molar-refractivity contribution in [1.29, 1.82) is 0 Å². The average Bonchev–Trinajstić information content (AvgIpc) is 2.26. The van der Waals surface area contributed by atoms with E-state index >= 15 is 0 Å². The van der Waals surface area contributed by atoms with Gasteiger partial charge in [-0.15, -0.1) is 0 Å². The van der Waals surface area contributed by atoms with Crippen LogP contribution in [-0.4, -0.2) is 27.5 Å². The molecule has 0 bridgehead atoms. The Bertz CT molecular complexity index is 493. The van der Waals surface area contributed by atoms with Gasteiger partial charge >= 0.3 is 0 Å². The van der Waals surface area contributed by atoms with Gasteiger partial charge in [0.2, 0.25) is 0 Å². The quantitative estimate of drug-likeness (QED) is 0.814. The van der Waals surface area contributed by atoms with Gasteiger partial charge in [0.25, 0.3) is 5.91 Å². The van der Waals surface area contributed by atoms with Crippen LogP contribution in [0.2, 0.25) is 0 Å². The molecule has 1 aromatic rings. The van der Waals surface area contributed by atoms with Gasteiger partial charge in [0.05, 0.1) is 5.54 Å². The Labute approximate surface area is 108 Å². The molecule has 1 aromatic carbocycles. The van der Waals surface area contributed by atoms with Gasteiger partial charge < -0.3 is 10.0 Å². The number of nitrogens with zero attached hydrogens (tertiary/aromatic N) is 1. The first-order valence-corrected chi connectivity index (χ1v) is 6.36. The molecule has 98 valence electrons. The van der Waals surface area contributed by atoms with Crippen molar-refractivity contribution < 1.29 is 9.90 Å². The van der Waals surface area contributed by atoms with Gasteiger partial charge in [0.15, 0.2) is 5.60 Å². The molecule has 3 nitrogen and oxygen atoms in total. The summed E-state index contributed by atoms with van der Waals surface area (Å²) in [6.07, 6.45) is 0. The fraction of sp³-hybridized carbons (Fsp3) is 0.533. The predicted molar refractivity (Wildman–Crippen MR) is 71.1 cm³/mol. The number of hydrogen-bond donors (Lipinski definition) is 1. The zero-order chi connectivity index (χ0) is 13.7. The van der Waals surface area contributed by atoms with Crippen LogP contribution in [0.15, 0.2) is 24.3 Å². The number of aliphatic hydroxyl groups is 1. The highest BCUT2D eigenvalue weighted by Gasteiger charge is 2.67. The third kappa shape index (κ3) is 1.43. The minimum atomic E-state index is -1.40. The summed E-state index contributed by atoms with van der Waals surface area (Å²) in [5.41, 5.74) is -0.239. The second kappa shape index (κ2) is 3.82. The average molecular weight is 247 g/mol. The topological polar surface area (TPSA) is 40.5 Å². The third-order valence-corrected chi connectivity index (χ3v) is 3.97. The lowest BCUT2D eigenvalue weighted by atomic mass is 9.66. The molecule has 1 aliphatic rings. The first-order chi connectivity index (χ1) is 8.23. The fourth-order valence-electron chi connectivity index (χ4n) is 3.04. The summed E-state index contributed by atoms with van der Waals surface area (Å²) < 4.78 is 0. The molecule has 2 rings (SSSR count). The maximum atomic E-state index is 12.3. The van der Waals surface area contributed by atoms with Crippen LogP contribution < -0.4 is 0 Å². The number of likely N-dealkylation sites (tertiary alicyclic amines) is 1. The van der Waals surface area contributed by atoms with Gasteiger partial charge in [0.1, 0.15) is 0 Å². The Morgan fingerprint density at radius 2 is 1.89 bits per heavy atom. The maximum Gasteiger partial charge on any atom is 0.262 e. The summed E-state index contributed by atoms with van der Waals surface area (Å²) in [7, 11) is 0. The van der Waals surface area contributed by atoms with E-state index in [1.165, 1.54) is 0 Å². The molecule has 1 saturated heterocycles. The van der Waals surface area contributed by atoms with Gasteiger partial charge in [-0.25, -0.2) is 0 Å². The molecule has 1 aliphatic heterocycles. The summed E-state index contributed by atoms with van der Waals surface area (Å²) in [4.78, 5) is 14.1. The Hall–Kier alpha value is -1.35. The highest BCUT2D eigenvalue weighted by atomic mass is 16.3. The Balaban J connectivity index is 2.48. The van der Waals surface area contributed by atoms with Crippen LogP contribution in [0.1, 0.15) is 38.8 Å². The van der Waals surface area contributed by atoms with Crippen molar-refractivity contribution in [2.24, 2.45) is 0 Å². The summed E-state index contributed by atoms with van der Waals surface area (Å²) in [6, 6.07) is 7.65. The summed E-state index contributed by atoms with van der Waals surface area (Å²) >= 11 is 0. The van der Waals surface area contributed by atoms with Gasteiger partial charge in [-0.3, -0.25) is 4.79 Å².